The van der Waals surface area contributed by atoms with Gasteiger partial charge in [0.2, 0.25) is 0 Å². The van der Waals surface area contributed by atoms with E-state index in [0.29, 0.717) is 13.2 Å². The zero-order valence-corrected chi connectivity index (χ0v) is 13.3. The van der Waals surface area contributed by atoms with Crippen LogP contribution >= 0.6 is 11.3 Å². The molecule has 1 N–H and O–H groups in total. The van der Waals surface area contributed by atoms with Gasteiger partial charge in [0.25, 0.3) is 5.91 Å². The Kier molecular flexibility index (Phi) is 5.22. The maximum atomic E-state index is 11.9. The van der Waals surface area contributed by atoms with Crippen molar-refractivity contribution in [3.8, 4) is 11.5 Å². The van der Waals surface area contributed by atoms with Crippen LogP contribution in [0, 0.1) is 13.8 Å². The van der Waals surface area contributed by atoms with E-state index in [4.69, 9.17) is 9.47 Å². The first kappa shape index (κ1) is 15.4. The summed E-state index contributed by atoms with van der Waals surface area (Å²) >= 11 is 1.51. The molecule has 0 radical (unpaired) electrons. The summed E-state index contributed by atoms with van der Waals surface area (Å²) in [5, 5.41) is 2.85. The number of aryl methyl sites for hydroxylation is 2. The molecule has 21 heavy (non-hydrogen) atoms. The lowest BCUT2D eigenvalue weighted by Gasteiger charge is -2.07. The van der Waals surface area contributed by atoms with Crippen molar-refractivity contribution < 1.29 is 14.3 Å². The third kappa shape index (κ3) is 4.23. The van der Waals surface area contributed by atoms with Crippen LogP contribution in [-0.4, -0.2) is 26.2 Å². The maximum absolute atomic E-state index is 11.9. The second-order valence-electron chi connectivity index (χ2n) is 4.63. The van der Waals surface area contributed by atoms with Gasteiger partial charge in [-0.15, -0.1) is 11.3 Å². The van der Waals surface area contributed by atoms with Crippen LogP contribution in [0.1, 0.15) is 20.1 Å². The summed E-state index contributed by atoms with van der Waals surface area (Å²) in [6.45, 7) is 4.93. The van der Waals surface area contributed by atoms with E-state index in [0.717, 1.165) is 21.9 Å². The van der Waals surface area contributed by atoms with Crippen LogP contribution in [0.25, 0.3) is 0 Å². The number of nitrogens with one attached hydrogen (secondary N) is 1. The van der Waals surface area contributed by atoms with Gasteiger partial charge in [-0.05, 0) is 49.7 Å². The monoisotopic (exact) mass is 305 g/mol. The van der Waals surface area contributed by atoms with Gasteiger partial charge in [-0.1, -0.05) is 0 Å². The number of hydrogen-bond acceptors (Lipinski definition) is 4. The van der Waals surface area contributed by atoms with Gasteiger partial charge in [0.05, 0.1) is 18.5 Å². The van der Waals surface area contributed by atoms with Crippen LogP contribution in [0.4, 0.5) is 0 Å². The lowest BCUT2D eigenvalue weighted by atomic mass is 10.3. The van der Waals surface area contributed by atoms with Crippen molar-refractivity contribution in [1.29, 1.82) is 0 Å². The number of hydrogen-bond donors (Lipinski definition) is 1. The Morgan fingerprint density at radius 1 is 1.19 bits per heavy atom. The summed E-state index contributed by atoms with van der Waals surface area (Å²) in [7, 11) is 1.62. The SMILES string of the molecule is COc1ccc(OCCNC(=O)c2cc(C)c(C)s2)cc1. The summed E-state index contributed by atoms with van der Waals surface area (Å²) in [6, 6.07) is 9.27. The highest BCUT2D eigenvalue weighted by Crippen LogP contribution is 2.20. The molecule has 2 aromatic rings. The van der Waals surface area contributed by atoms with Gasteiger partial charge in [0.15, 0.2) is 0 Å². The van der Waals surface area contributed by atoms with Crippen LogP contribution < -0.4 is 14.8 Å². The van der Waals surface area contributed by atoms with Gasteiger partial charge in [0.1, 0.15) is 18.1 Å². The maximum Gasteiger partial charge on any atom is 0.261 e. The Bertz CT molecular complexity index is 585. The van der Waals surface area contributed by atoms with E-state index in [1.54, 1.807) is 7.11 Å². The summed E-state index contributed by atoms with van der Waals surface area (Å²) in [4.78, 5) is 13.9. The van der Waals surface area contributed by atoms with Gasteiger partial charge in [-0.25, -0.2) is 0 Å². The Morgan fingerprint density at radius 3 is 2.43 bits per heavy atom. The molecule has 2 rings (SSSR count). The number of methoxy groups -OCH3 is 1. The van der Waals surface area contributed by atoms with Crippen molar-refractivity contribution in [1.82, 2.24) is 5.32 Å². The molecule has 0 fully saturated rings. The number of amides is 1. The number of carbonyl (C=O) groups excluding carboxylic acids is 1. The molecule has 4 nitrogen and oxygen atoms in total. The molecular formula is C16H19NO3S. The van der Waals surface area contributed by atoms with Crippen molar-refractivity contribution in [3.63, 3.8) is 0 Å². The quantitative estimate of drug-likeness (QED) is 0.834. The molecule has 1 aromatic carbocycles. The number of thiophene rings is 1. The van der Waals surface area contributed by atoms with E-state index >= 15 is 0 Å². The lowest BCUT2D eigenvalue weighted by Crippen LogP contribution is -2.27. The van der Waals surface area contributed by atoms with Crippen LogP contribution in [0.5, 0.6) is 11.5 Å². The normalized spacial score (nSPS) is 10.2. The Labute approximate surface area is 128 Å². The Morgan fingerprint density at radius 2 is 1.86 bits per heavy atom. The van der Waals surface area contributed by atoms with Gasteiger partial charge in [-0.2, -0.15) is 0 Å². The first-order chi connectivity index (χ1) is 10.1. The number of benzene rings is 1. The highest BCUT2D eigenvalue weighted by Gasteiger charge is 2.09. The van der Waals surface area contributed by atoms with Crippen LogP contribution in [0.2, 0.25) is 0 Å². The molecule has 0 aliphatic carbocycles. The highest BCUT2D eigenvalue weighted by atomic mass is 32.1. The fourth-order valence-corrected chi connectivity index (χ4v) is 2.73. The average molecular weight is 305 g/mol. The summed E-state index contributed by atoms with van der Waals surface area (Å²) in [5.41, 5.74) is 1.15. The zero-order chi connectivity index (χ0) is 15.2. The number of ether oxygens (including phenoxy) is 2. The van der Waals surface area contributed by atoms with Crippen LogP contribution in [-0.2, 0) is 0 Å². The van der Waals surface area contributed by atoms with E-state index in [1.807, 2.05) is 44.2 Å². The molecule has 0 unspecified atom stereocenters. The van der Waals surface area contributed by atoms with E-state index in [-0.39, 0.29) is 5.91 Å². The molecule has 1 amide bonds. The predicted molar refractivity (Wildman–Crippen MR) is 84.6 cm³/mol. The number of carbonyl (C=O) groups is 1. The molecule has 0 spiro atoms. The molecule has 1 heterocycles. The highest BCUT2D eigenvalue weighted by molar-refractivity contribution is 7.14. The van der Waals surface area contributed by atoms with Crippen molar-refractivity contribution in [2.75, 3.05) is 20.3 Å². The first-order valence-corrected chi connectivity index (χ1v) is 7.54. The van der Waals surface area contributed by atoms with Crippen molar-refractivity contribution in [3.05, 3.63) is 45.6 Å². The molecule has 1 aromatic heterocycles. The van der Waals surface area contributed by atoms with Crippen molar-refractivity contribution in [2.45, 2.75) is 13.8 Å². The van der Waals surface area contributed by atoms with Crippen molar-refractivity contribution >= 4 is 17.2 Å². The third-order valence-electron chi connectivity index (χ3n) is 3.11. The zero-order valence-electron chi connectivity index (χ0n) is 12.4. The third-order valence-corrected chi connectivity index (χ3v) is 4.26. The largest absolute Gasteiger partial charge is 0.497 e. The van der Waals surface area contributed by atoms with Crippen molar-refractivity contribution in [2.24, 2.45) is 0 Å². The molecule has 5 heteroatoms. The Hall–Kier alpha value is -2.01. The topological polar surface area (TPSA) is 47.6 Å². The molecular weight excluding hydrogens is 286 g/mol. The van der Waals surface area contributed by atoms with Gasteiger partial charge < -0.3 is 14.8 Å². The standard InChI is InChI=1S/C16H19NO3S/c1-11-10-15(21-12(11)2)16(18)17-8-9-20-14-6-4-13(19-3)5-7-14/h4-7,10H,8-9H2,1-3H3,(H,17,18). The summed E-state index contributed by atoms with van der Waals surface area (Å²) in [6.07, 6.45) is 0. The second-order valence-corrected chi connectivity index (χ2v) is 5.89. The second kappa shape index (κ2) is 7.13. The summed E-state index contributed by atoms with van der Waals surface area (Å²) < 4.78 is 10.6. The van der Waals surface area contributed by atoms with E-state index in [1.165, 1.54) is 16.2 Å². The minimum atomic E-state index is -0.0467. The van der Waals surface area contributed by atoms with Gasteiger partial charge >= 0.3 is 0 Å². The van der Waals surface area contributed by atoms with E-state index in [2.05, 4.69) is 5.32 Å². The first-order valence-electron chi connectivity index (χ1n) is 6.72. The molecule has 0 saturated carbocycles. The van der Waals surface area contributed by atoms with Gasteiger partial charge in [-0.3, -0.25) is 4.79 Å². The molecule has 0 atom stereocenters. The minimum Gasteiger partial charge on any atom is -0.497 e. The number of rotatable bonds is 6. The molecule has 0 bridgehead atoms. The smallest absolute Gasteiger partial charge is 0.261 e. The van der Waals surface area contributed by atoms with E-state index in [9.17, 15) is 4.79 Å². The minimum absolute atomic E-state index is 0.0467. The lowest BCUT2D eigenvalue weighted by molar-refractivity contribution is 0.0951. The predicted octanol–water partition coefficient (Wildman–Crippen LogP) is 3.18. The Balaban J connectivity index is 1.75. The van der Waals surface area contributed by atoms with E-state index < -0.39 is 0 Å². The molecule has 112 valence electrons. The molecule has 0 aliphatic rings. The summed E-state index contributed by atoms with van der Waals surface area (Å²) in [5.74, 6) is 1.50. The van der Waals surface area contributed by atoms with Gasteiger partial charge in [0, 0.05) is 4.88 Å². The van der Waals surface area contributed by atoms with Crippen LogP contribution in [0.15, 0.2) is 30.3 Å². The molecule has 0 aliphatic heterocycles. The van der Waals surface area contributed by atoms with Crippen LogP contribution in [0.3, 0.4) is 0 Å². The fraction of sp³-hybridized carbons (Fsp3) is 0.312. The fourth-order valence-electron chi connectivity index (χ4n) is 1.78. The average Bonchev–Trinajstić information content (AvgIpc) is 2.84. The molecule has 0 saturated heterocycles.